The van der Waals surface area contributed by atoms with Crippen molar-refractivity contribution >= 4 is 17.8 Å². The number of nitrogens with two attached hydrogens (primary N) is 1. The fraction of sp³-hybridized carbons (Fsp3) is 0.364. The lowest BCUT2D eigenvalue weighted by Crippen LogP contribution is -2.41. The van der Waals surface area contributed by atoms with Crippen LogP contribution in [0.5, 0.6) is 0 Å². The molecule has 2 heterocycles. The molecule has 0 saturated carbocycles. The molecule has 1 saturated heterocycles. The molecule has 0 radical (unpaired) electrons. The van der Waals surface area contributed by atoms with Gasteiger partial charge in [-0.15, -0.1) is 0 Å². The highest BCUT2D eigenvalue weighted by molar-refractivity contribution is 6.07. The van der Waals surface area contributed by atoms with E-state index < -0.39 is 23.4 Å². The lowest BCUT2D eigenvalue weighted by molar-refractivity contribution is -0.132. The van der Waals surface area contributed by atoms with E-state index >= 15 is 0 Å². The summed E-state index contributed by atoms with van der Waals surface area (Å²) in [5.74, 6) is 4.37. The Morgan fingerprint density at radius 2 is 2.32 bits per heavy atom. The summed E-state index contributed by atoms with van der Waals surface area (Å²) in [5, 5.41) is 2.56. The van der Waals surface area contributed by atoms with Gasteiger partial charge in [0, 0.05) is 13.0 Å². The molecular weight excluding hydrogens is 252 g/mol. The van der Waals surface area contributed by atoms with Crippen molar-refractivity contribution in [3.63, 3.8) is 0 Å². The van der Waals surface area contributed by atoms with Gasteiger partial charge in [0.1, 0.15) is 5.76 Å². The Balaban J connectivity index is 2.15. The van der Waals surface area contributed by atoms with E-state index in [1.165, 1.54) is 6.26 Å². The number of hydrogen-bond acceptors (Lipinski definition) is 5. The van der Waals surface area contributed by atoms with Gasteiger partial charge in [0.15, 0.2) is 5.54 Å². The molecule has 1 unspecified atom stereocenters. The third-order valence-corrected chi connectivity index (χ3v) is 3.01. The zero-order valence-corrected chi connectivity index (χ0v) is 10.3. The fourth-order valence-electron chi connectivity index (χ4n) is 1.92. The van der Waals surface area contributed by atoms with Gasteiger partial charge in [0.2, 0.25) is 5.91 Å². The molecule has 8 nitrogen and oxygen atoms in total. The third kappa shape index (κ3) is 2.17. The molecule has 0 aromatic carbocycles. The van der Waals surface area contributed by atoms with Crippen LogP contribution in [0.2, 0.25) is 0 Å². The van der Waals surface area contributed by atoms with Gasteiger partial charge in [-0.05, 0) is 19.1 Å². The maximum Gasteiger partial charge on any atom is 0.325 e. The number of urea groups is 1. The molecule has 4 amide bonds. The number of furan rings is 1. The Bertz CT molecular complexity index is 513. The van der Waals surface area contributed by atoms with Crippen LogP contribution in [0.25, 0.3) is 0 Å². The Morgan fingerprint density at radius 3 is 2.89 bits per heavy atom. The molecule has 0 spiro atoms. The van der Waals surface area contributed by atoms with Crippen LogP contribution in [0.3, 0.4) is 0 Å². The maximum absolute atomic E-state index is 12.3. The van der Waals surface area contributed by atoms with E-state index in [9.17, 15) is 14.4 Å². The van der Waals surface area contributed by atoms with Crippen molar-refractivity contribution in [3.8, 4) is 0 Å². The van der Waals surface area contributed by atoms with E-state index in [1.54, 1.807) is 19.1 Å². The van der Waals surface area contributed by atoms with Crippen molar-refractivity contribution in [2.45, 2.75) is 18.9 Å². The van der Waals surface area contributed by atoms with E-state index in [0.717, 1.165) is 4.90 Å². The molecule has 1 aliphatic heterocycles. The average molecular weight is 266 g/mol. The predicted molar refractivity (Wildman–Crippen MR) is 63.3 cm³/mol. The van der Waals surface area contributed by atoms with Gasteiger partial charge in [-0.25, -0.2) is 10.6 Å². The number of imide groups is 1. The van der Waals surface area contributed by atoms with Gasteiger partial charge < -0.3 is 9.73 Å². The van der Waals surface area contributed by atoms with E-state index in [1.807, 2.05) is 5.43 Å². The lowest BCUT2D eigenvalue weighted by atomic mass is 9.99. The first-order valence-electron chi connectivity index (χ1n) is 5.66. The SMILES string of the molecule is CC1(c2ccco2)NC(=O)N(CCC(=O)NN)C1=O. The van der Waals surface area contributed by atoms with E-state index in [-0.39, 0.29) is 13.0 Å². The molecule has 0 bridgehead atoms. The standard InChI is InChI=1S/C11H14N4O4/c1-11(7-3-2-6-19-7)9(17)15(10(18)13-11)5-4-8(16)14-12/h2-3,6H,4-5,12H2,1H3,(H,13,18)(H,14,16). The second-order valence-electron chi connectivity index (χ2n) is 4.31. The molecule has 2 rings (SSSR count). The molecule has 1 aromatic rings. The highest BCUT2D eigenvalue weighted by atomic mass is 16.3. The van der Waals surface area contributed by atoms with Gasteiger partial charge >= 0.3 is 6.03 Å². The zero-order valence-electron chi connectivity index (χ0n) is 10.3. The molecule has 0 aliphatic carbocycles. The zero-order chi connectivity index (χ0) is 14.0. The first kappa shape index (κ1) is 13.1. The second-order valence-corrected chi connectivity index (χ2v) is 4.31. The molecule has 8 heteroatoms. The number of hydrazine groups is 1. The number of nitrogens with one attached hydrogen (secondary N) is 2. The molecular formula is C11H14N4O4. The number of hydrogen-bond donors (Lipinski definition) is 3. The molecule has 1 fully saturated rings. The highest BCUT2D eigenvalue weighted by Crippen LogP contribution is 2.28. The molecule has 19 heavy (non-hydrogen) atoms. The van der Waals surface area contributed by atoms with Gasteiger partial charge in [-0.1, -0.05) is 0 Å². The summed E-state index contributed by atoms with van der Waals surface area (Å²) < 4.78 is 5.17. The van der Waals surface area contributed by atoms with Crippen molar-refractivity contribution in [2.75, 3.05) is 6.54 Å². The average Bonchev–Trinajstić information content (AvgIpc) is 2.98. The summed E-state index contributed by atoms with van der Waals surface area (Å²) in [7, 11) is 0. The van der Waals surface area contributed by atoms with E-state index in [2.05, 4.69) is 5.32 Å². The molecule has 1 atom stereocenters. The number of rotatable bonds is 4. The van der Waals surface area contributed by atoms with Crippen LogP contribution in [0.4, 0.5) is 4.79 Å². The summed E-state index contributed by atoms with van der Waals surface area (Å²) in [6.45, 7) is 1.51. The number of carbonyl (C=O) groups is 3. The quantitative estimate of drug-likeness (QED) is 0.292. The maximum atomic E-state index is 12.3. The van der Waals surface area contributed by atoms with Crippen molar-refractivity contribution in [2.24, 2.45) is 5.84 Å². The monoisotopic (exact) mass is 266 g/mol. The van der Waals surface area contributed by atoms with Crippen LogP contribution in [-0.4, -0.2) is 29.3 Å². The van der Waals surface area contributed by atoms with Crippen molar-refractivity contribution in [1.29, 1.82) is 0 Å². The first-order valence-corrected chi connectivity index (χ1v) is 5.66. The minimum atomic E-state index is -1.24. The Labute approximate surface area is 108 Å². The minimum absolute atomic E-state index is 0.0377. The number of nitrogens with zero attached hydrogens (tertiary/aromatic N) is 1. The summed E-state index contributed by atoms with van der Waals surface area (Å²) in [5.41, 5.74) is 0.703. The van der Waals surface area contributed by atoms with E-state index in [4.69, 9.17) is 10.3 Å². The van der Waals surface area contributed by atoms with Gasteiger partial charge in [-0.3, -0.25) is 19.9 Å². The largest absolute Gasteiger partial charge is 0.466 e. The van der Waals surface area contributed by atoms with Crippen LogP contribution in [0, 0.1) is 0 Å². The third-order valence-electron chi connectivity index (χ3n) is 3.01. The smallest absolute Gasteiger partial charge is 0.325 e. The van der Waals surface area contributed by atoms with Crippen LogP contribution in [0.15, 0.2) is 22.8 Å². The van der Waals surface area contributed by atoms with Gasteiger partial charge in [0.05, 0.1) is 6.26 Å². The number of amides is 4. The van der Waals surface area contributed by atoms with Gasteiger partial charge in [-0.2, -0.15) is 0 Å². The second kappa shape index (κ2) is 4.73. The van der Waals surface area contributed by atoms with Crippen LogP contribution in [0.1, 0.15) is 19.1 Å². The Morgan fingerprint density at radius 1 is 1.58 bits per heavy atom. The van der Waals surface area contributed by atoms with Crippen LogP contribution in [-0.2, 0) is 15.1 Å². The van der Waals surface area contributed by atoms with E-state index in [0.29, 0.717) is 5.76 Å². The molecule has 1 aliphatic rings. The Kier molecular flexibility index (Phi) is 3.26. The molecule has 102 valence electrons. The topological polar surface area (TPSA) is 118 Å². The molecule has 1 aromatic heterocycles. The summed E-state index contributed by atoms with van der Waals surface area (Å²) in [4.78, 5) is 36.1. The molecule has 4 N–H and O–H groups in total. The number of carbonyl (C=O) groups excluding carboxylic acids is 3. The van der Waals surface area contributed by atoms with Crippen LogP contribution >= 0.6 is 0 Å². The van der Waals surface area contributed by atoms with Gasteiger partial charge in [0.25, 0.3) is 5.91 Å². The van der Waals surface area contributed by atoms with Crippen molar-refractivity contribution < 1.29 is 18.8 Å². The van der Waals surface area contributed by atoms with Crippen LogP contribution < -0.4 is 16.6 Å². The normalized spacial score (nSPS) is 22.5. The lowest BCUT2D eigenvalue weighted by Gasteiger charge is -2.18. The summed E-state index contributed by atoms with van der Waals surface area (Å²) >= 11 is 0. The first-order chi connectivity index (χ1) is 8.99. The van der Waals surface area contributed by atoms with Crippen molar-refractivity contribution in [3.05, 3.63) is 24.2 Å². The predicted octanol–water partition coefficient (Wildman–Crippen LogP) is -0.573. The Hall–Kier alpha value is -2.35. The minimum Gasteiger partial charge on any atom is -0.466 e. The fourth-order valence-corrected chi connectivity index (χ4v) is 1.92. The highest BCUT2D eigenvalue weighted by Gasteiger charge is 2.50. The summed E-state index contributed by atoms with van der Waals surface area (Å²) in [6.07, 6.45) is 1.37. The van der Waals surface area contributed by atoms with Crippen molar-refractivity contribution in [1.82, 2.24) is 15.6 Å². The summed E-state index contributed by atoms with van der Waals surface area (Å²) in [6, 6.07) is 2.67.